The Balaban J connectivity index is 1.28. The summed E-state index contributed by atoms with van der Waals surface area (Å²) < 4.78 is 11.3. The van der Waals surface area contributed by atoms with Gasteiger partial charge in [-0.1, -0.05) is 0 Å². The molecule has 28 heavy (non-hydrogen) atoms. The molecule has 0 aromatic carbocycles. The average Bonchev–Trinajstić information content (AvgIpc) is 3.23. The molecule has 1 N–H and O–H groups in total. The first-order chi connectivity index (χ1) is 13.6. The van der Waals surface area contributed by atoms with Crippen molar-refractivity contribution in [1.29, 1.82) is 5.26 Å². The zero-order valence-electron chi connectivity index (χ0n) is 16.6. The second-order valence-electron chi connectivity index (χ2n) is 8.99. The summed E-state index contributed by atoms with van der Waals surface area (Å²) in [5, 5.41) is 12.7. The summed E-state index contributed by atoms with van der Waals surface area (Å²) in [6, 6.07) is 1.96. The van der Waals surface area contributed by atoms with E-state index < -0.39 is 0 Å². The summed E-state index contributed by atoms with van der Waals surface area (Å²) in [4.78, 5) is 27.1. The Morgan fingerprint density at radius 2 is 1.86 bits per heavy atom. The molecule has 1 unspecified atom stereocenters. The number of hydrogen-bond acceptors (Lipinski definition) is 6. The minimum atomic E-state index is -0.367. The molecule has 3 aliphatic carbocycles. The van der Waals surface area contributed by atoms with Crippen molar-refractivity contribution in [2.24, 2.45) is 5.41 Å². The summed E-state index contributed by atoms with van der Waals surface area (Å²) in [5.41, 5.74) is -0.421. The molecule has 0 aromatic heterocycles. The second kappa shape index (κ2) is 8.00. The van der Waals surface area contributed by atoms with E-state index in [1.165, 1.54) is 0 Å². The maximum absolute atomic E-state index is 12.8. The first-order valence-electron chi connectivity index (χ1n) is 10.8. The zero-order valence-corrected chi connectivity index (χ0v) is 16.6. The monoisotopic (exact) mass is 389 g/mol. The van der Waals surface area contributed by atoms with Crippen LogP contribution in [0.4, 0.5) is 0 Å². The highest BCUT2D eigenvalue weighted by Gasteiger charge is 2.53. The SMILES string of the molecule is N#CC1CCCN1C(=O)CNC12CCC(C(=O)O[C@H]3CCCCO3)(CC1)CC2. The number of hydrogen-bond donors (Lipinski definition) is 1. The van der Waals surface area contributed by atoms with Crippen LogP contribution < -0.4 is 5.32 Å². The van der Waals surface area contributed by atoms with Crippen molar-refractivity contribution in [1.82, 2.24) is 10.2 Å². The Morgan fingerprint density at radius 3 is 2.50 bits per heavy atom. The third kappa shape index (κ3) is 3.77. The van der Waals surface area contributed by atoms with Crippen molar-refractivity contribution in [3.63, 3.8) is 0 Å². The van der Waals surface area contributed by atoms with Crippen LogP contribution in [-0.4, -0.2) is 54.3 Å². The van der Waals surface area contributed by atoms with Gasteiger partial charge in [0.25, 0.3) is 0 Å². The fourth-order valence-corrected chi connectivity index (χ4v) is 5.37. The number of fused-ring (bicyclic) bond motifs is 3. The first kappa shape index (κ1) is 19.7. The largest absolute Gasteiger partial charge is 0.435 e. The molecule has 1 amide bonds. The van der Waals surface area contributed by atoms with Crippen LogP contribution in [0.15, 0.2) is 0 Å². The van der Waals surface area contributed by atoms with Crippen LogP contribution >= 0.6 is 0 Å². The maximum Gasteiger partial charge on any atom is 0.314 e. The quantitative estimate of drug-likeness (QED) is 0.725. The minimum Gasteiger partial charge on any atom is -0.435 e. The van der Waals surface area contributed by atoms with E-state index >= 15 is 0 Å². The second-order valence-corrected chi connectivity index (χ2v) is 8.99. The predicted octanol–water partition coefficient (Wildman–Crippen LogP) is 2.25. The van der Waals surface area contributed by atoms with E-state index in [1.807, 2.05) is 0 Å². The molecule has 2 aliphatic heterocycles. The van der Waals surface area contributed by atoms with Gasteiger partial charge in [-0.2, -0.15) is 5.26 Å². The minimum absolute atomic E-state index is 0.0229. The number of likely N-dealkylation sites (tertiary alicyclic amines) is 1. The van der Waals surface area contributed by atoms with E-state index in [4.69, 9.17) is 9.47 Å². The maximum atomic E-state index is 12.8. The summed E-state index contributed by atoms with van der Waals surface area (Å²) in [5.74, 6) is -0.0626. The highest BCUT2D eigenvalue weighted by molar-refractivity contribution is 5.79. The van der Waals surface area contributed by atoms with Gasteiger partial charge in [0.1, 0.15) is 6.04 Å². The normalized spacial score (nSPS) is 37.5. The van der Waals surface area contributed by atoms with Gasteiger partial charge in [-0.05, 0) is 64.2 Å². The summed E-state index contributed by atoms with van der Waals surface area (Å²) in [6.45, 7) is 1.64. The molecule has 0 radical (unpaired) electrons. The van der Waals surface area contributed by atoms with Gasteiger partial charge in [-0.15, -0.1) is 0 Å². The molecule has 7 heteroatoms. The van der Waals surface area contributed by atoms with Gasteiger partial charge < -0.3 is 19.7 Å². The van der Waals surface area contributed by atoms with E-state index in [-0.39, 0.29) is 41.7 Å². The Morgan fingerprint density at radius 1 is 1.11 bits per heavy atom. The number of carbonyl (C=O) groups is 2. The number of esters is 1. The summed E-state index contributed by atoms with van der Waals surface area (Å²) >= 11 is 0. The van der Waals surface area contributed by atoms with Crippen LogP contribution in [0.1, 0.15) is 70.6 Å². The number of amides is 1. The van der Waals surface area contributed by atoms with E-state index in [1.54, 1.807) is 4.90 Å². The number of nitrogens with zero attached hydrogens (tertiary/aromatic N) is 2. The lowest BCUT2D eigenvalue weighted by Crippen LogP contribution is -2.59. The molecule has 2 bridgehead atoms. The molecular weight excluding hydrogens is 358 g/mol. The lowest BCUT2D eigenvalue weighted by molar-refractivity contribution is -0.203. The van der Waals surface area contributed by atoms with Crippen LogP contribution in [-0.2, 0) is 19.1 Å². The Bertz CT molecular complexity index is 628. The number of nitriles is 1. The highest BCUT2D eigenvalue weighted by Crippen LogP contribution is 2.53. The van der Waals surface area contributed by atoms with Crippen LogP contribution in [0, 0.1) is 16.7 Å². The Hall–Kier alpha value is -1.65. The van der Waals surface area contributed by atoms with E-state index in [9.17, 15) is 14.9 Å². The molecule has 5 fully saturated rings. The molecule has 2 heterocycles. The molecule has 5 rings (SSSR count). The van der Waals surface area contributed by atoms with Crippen molar-refractivity contribution in [2.45, 2.75) is 88.5 Å². The summed E-state index contributed by atoms with van der Waals surface area (Å²) in [7, 11) is 0. The van der Waals surface area contributed by atoms with Crippen molar-refractivity contribution in [3.05, 3.63) is 0 Å². The van der Waals surface area contributed by atoms with Crippen LogP contribution in [0.25, 0.3) is 0 Å². The van der Waals surface area contributed by atoms with Gasteiger partial charge in [-0.25, -0.2) is 0 Å². The molecule has 3 saturated carbocycles. The fourth-order valence-electron chi connectivity index (χ4n) is 5.37. The lowest BCUT2D eigenvalue weighted by Gasteiger charge is -2.52. The van der Waals surface area contributed by atoms with Gasteiger partial charge in [0, 0.05) is 18.5 Å². The molecule has 0 aromatic rings. The van der Waals surface area contributed by atoms with Crippen LogP contribution in [0.2, 0.25) is 0 Å². The summed E-state index contributed by atoms with van der Waals surface area (Å²) in [6.07, 6.45) is 9.32. The Kier molecular flexibility index (Phi) is 5.62. The Labute approximate surface area is 166 Å². The van der Waals surface area contributed by atoms with Gasteiger partial charge in [0.05, 0.1) is 24.6 Å². The predicted molar refractivity (Wildman–Crippen MR) is 101 cm³/mol. The standard InChI is InChI=1S/C21H31N3O4/c22-14-16-4-3-12-24(16)17(25)15-23-21-9-6-20(7-10-21,8-11-21)19(26)28-18-5-1-2-13-27-18/h16,18,23H,1-13,15H2/t16?,18-,20?,21?/m0/s1. The third-order valence-electron chi connectivity index (χ3n) is 7.39. The molecule has 2 saturated heterocycles. The zero-order chi connectivity index (χ0) is 19.6. The number of nitrogens with one attached hydrogen (secondary N) is 1. The fraction of sp³-hybridized carbons (Fsp3) is 0.857. The van der Waals surface area contributed by atoms with E-state index in [0.717, 1.165) is 70.6 Å². The third-order valence-corrected chi connectivity index (χ3v) is 7.39. The number of rotatable bonds is 5. The highest BCUT2D eigenvalue weighted by atomic mass is 16.7. The van der Waals surface area contributed by atoms with Gasteiger partial charge >= 0.3 is 5.97 Å². The van der Waals surface area contributed by atoms with Crippen molar-refractivity contribution < 1.29 is 19.1 Å². The molecule has 154 valence electrons. The lowest BCUT2D eigenvalue weighted by atomic mass is 9.57. The number of ether oxygens (including phenoxy) is 2. The van der Waals surface area contributed by atoms with Gasteiger partial charge in [-0.3, -0.25) is 9.59 Å². The van der Waals surface area contributed by atoms with Crippen molar-refractivity contribution in [3.8, 4) is 6.07 Å². The first-order valence-corrected chi connectivity index (χ1v) is 10.8. The van der Waals surface area contributed by atoms with Gasteiger partial charge in [0.2, 0.25) is 12.2 Å². The van der Waals surface area contributed by atoms with Crippen molar-refractivity contribution in [2.75, 3.05) is 19.7 Å². The molecule has 5 aliphatic rings. The van der Waals surface area contributed by atoms with Crippen LogP contribution in [0.5, 0.6) is 0 Å². The topological polar surface area (TPSA) is 91.7 Å². The number of carbonyl (C=O) groups excluding carboxylic acids is 2. The average molecular weight is 389 g/mol. The molecule has 7 nitrogen and oxygen atoms in total. The van der Waals surface area contributed by atoms with Gasteiger partial charge in [0.15, 0.2) is 0 Å². The van der Waals surface area contributed by atoms with Crippen molar-refractivity contribution >= 4 is 11.9 Å². The molecule has 2 atom stereocenters. The van der Waals surface area contributed by atoms with E-state index in [2.05, 4.69) is 11.4 Å². The van der Waals surface area contributed by atoms with Crippen LogP contribution in [0.3, 0.4) is 0 Å². The van der Waals surface area contributed by atoms with E-state index in [0.29, 0.717) is 13.2 Å². The smallest absolute Gasteiger partial charge is 0.314 e. The molecule has 0 spiro atoms. The molecular formula is C21H31N3O4.